The first-order chi connectivity index (χ1) is 11.1. The van der Waals surface area contributed by atoms with Crippen molar-refractivity contribution in [2.75, 3.05) is 0 Å². The van der Waals surface area contributed by atoms with Crippen molar-refractivity contribution >= 4 is 11.9 Å². The maximum Gasteiger partial charge on any atom is 0.357 e. The Labute approximate surface area is 146 Å². The molecule has 0 aliphatic carbocycles. The molecule has 0 saturated carbocycles. The van der Waals surface area contributed by atoms with E-state index in [9.17, 15) is 14.7 Å². The van der Waals surface area contributed by atoms with Crippen LogP contribution in [0.15, 0.2) is 60.7 Å². The molecule has 0 aliphatic heterocycles. The van der Waals surface area contributed by atoms with Crippen LogP contribution in [0.4, 0.5) is 0 Å². The molecule has 0 amide bonds. The number of unbranched alkanes of at least 4 members (excludes halogenated alkanes) is 1. The number of carbonyl (C=O) groups is 2. The van der Waals surface area contributed by atoms with Crippen LogP contribution in [-0.4, -0.2) is 17.0 Å². The smallest absolute Gasteiger partial charge is 0.357 e. The standard InChI is InChI=1S/C12H10I.C6H10O4/c1-3-7-11(8-4-1)13-12-9-5-2-6-10-12;7-5(8)3-1-2-4-6(9)10/h1-10H;1-4H2,(H,7,8)(H,9,10)/q+1;/p-1. The largest absolute Gasteiger partial charge is 0.550 e. The second-order valence-corrected chi connectivity index (χ2v) is 7.69. The normalized spacial score (nSPS) is 9.57. The first-order valence-corrected chi connectivity index (χ1v) is 9.40. The average Bonchev–Trinajstić information content (AvgIpc) is 2.54. The quantitative estimate of drug-likeness (QED) is 0.465. The minimum Gasteiger partial charge on any atom is -0.550 e. The number of hydrogen-bond donors (Lipinski definition) is 1. The monoisotopic (exact) mass is 426 g/mol. The molecule has 0 bridgehead atoms. The maximum atomic E-state index is 9.88. The summed E-state index contributed by atoms with van der Waals surface area (Å²) in [5.41, 5.74) is 0. The van der Waals surface area contributed by atoms with Crippen molar-refractivity contribution < 1.29 is 41.0 Å². The van der Waals surface area contributed by atoms with E-state index in [4.69, 9.17) is 5.11 Å². The van der Waals surface area contributed by atoms with Gasteiger partial charge in [0.05, 0.1) is 0 Å². The van der Waals surface area contributed by atoms with Gasteiger partial charge in [-0.15, -0.1) is 0 Å². The van der Waals surface area contributed by atoms with Gasteiger partial charge in [-0.2, -0.15) is 0 Å². The average molecular weight is 426 g/mol. The summed E-state index contributed by atoms with van der Waals surface area (Å²) in [6, 6.07) is 21.4. The van der Waals surface area contributed by atoms with Gasteiger partial charge in [0, 0.05) is 12.4 Å². The van der Waals surface area contributed by atoms with E-state index in [2.05, 4.69) is 60.7 Å². The Morgan fingerprint density at radius 3 is 1.65 bits per heavy atom. The van der Waals surface area contributed by atoms with Gasteiger partial charge in [0.25, 0.3) is 0 Å². The topological polar surface area (TPSA) is 77.4 Å². The molecule has 0 radical (unpaired) electrons. The molecule has 122 valence electrons. The second kappa shape index (κ2) is 11.6. The van der Waals surface area contributed by atoms with Gasteiger partial charge in [0.2, 0.25) is 0 Å². The molecule has 2 aromatic rings. The van der Waals surface area contributed by atoms with Crippen LogP contribution in [0.2, 0.25) is 0 Å². The van der Waals surface area contributed by atoms with Gasteiger partial charge in [-0.3, -0.25) is 4.79 Å². The van der Waals surface area contributed by atoms with E-state index in [0.717, 1.165) is 0 Å². The van der Waals surface area contributed by atoms with E-state index in [1.165, 1.54) is 7.14 Å². The minimum absolute atomic E-state index is 0.0287. The third kappa shape index (κ3) is 10.5. The highest BCUT2D eigenvalue weighted by molar-refractivity contribution is 5.67. The summed E-state index contributed by atoms with van der Waals surface area (Å²) in [7, 11) is 0. The molecule has 0 unspecified atom stereocenters. The van der Waals surface area contributed by atoms with E-state index in [0.29, 0.717) is 12.8 Å². The van der Waals surface area contributed by atoms with Crippen molar-refractivity contribution in [3.05, 3.63) is 67.8 Å². The van der Waals surface area contributed by atoms with Crippen LogP contribution in [-0.2, 0) is 9.59 Å². The number of carbonyl (C=O) groups excluding carboxylic acids is 1. The van der Waals surface area contributed by atoms with Crippen LogP contribution in [0, 0.1) is 7.14 Å². The highest BCUT2D eigenvalue weighted by atomic mass is 127. The summed E-state index contributed by atoms with van der Waals surface area (Å²) in [6.07, 6.45) is 0.776. The van der Waals surface area contributed by atoms with E-state index in [1.807, 2.05) is 0 Å². The molecule has 0 atom stereocenters. The van der Waals surface area contributed by atoms with Crippen LogP contribution < -0.4 is 26.3 Å². The molecule has 2 rings (SSSR count). The molecule has 0 saturated heterocycles. The Bertz CT molecular complexity index is 531. The van der Waals surface area contributed by atoms with Gasteiger partial charge in [-0.1, -0.05) is 36.4 Å². The van der Waals surface area contributed by atoms with Crippen LogP contribution in [0.3, 0.4) is 0 Å². The second-order valence-electron chi connectivity index (χ2n) is 4.66. The first-order valence-electron chi connectivity index (χ1n) is 7.24. The number of carboxylic acids is 2. The summed E-state index contributed by atoms with van der Waals surface area (Å²) < 4.78 is 2.96. The molecule has 2 aromatic carbocycles. The lowest BCUT2D eigenvalue weighted by molar-refractivity contribution is -0.597. The number of hydrogen-bond acceptors (Lipinski definition) is 3. The molecule has 0 aromatic heterocycles. The maximum absolute atomic E-state index is 9.88. The molecule has 0 fully saturated rings. The minimum atomic E-state index is -1.12. The fourth-order valence-electron chi connectivity index (χ4n) is 1.63. The third-order valence-electron chi connectivity index (χ3n) is 2.71. The van der Waals surface area contributed by atoms with Crippen molar-refractivity contribution in [3.63, 3.8) is 0 Å². The molecule has 0 aliphatic rings. The van der Waals surface area contributed by atoms with Crippen LogP contribution >= 0.6 is 0 Å². The highest BCUT2D eigenvalue weighted by Crippen LogP contribution is 1.97. The summed E-state index contributed by atoms with van der Waals surface area (Å²) in [5.74, 6) is -2.01. The first kappa shape index (κ1) is 19.2. The molecule has 23 heavy (non-hydrogen) atoms. The molecular weight excluding hydrogens is 407 g/mol. The highest BCUT2D eigenvalue weighted by Gasteiger charge is 2.12. The number of halogens is 1. The fraction of sp³-hybridized carbons (Fsp3) is 0.222. The van der Waals surface area contributed by atoms with E-state index >= 15 is 0 Å². The van der Waals surface area contributed by atoms with Crippen LogP contribution in [0.5, 0.6) is 0 Å². The molecular formula is C18H19IO4. The predicted octanol–water partition coefficient (Wildman–Crippen LogP) is -0.804. The Balaban J connectivity index is 0.000000241. The number of rotatable bonds is 7. The lowest BCUT2D eigenvalue weighted by Gasteiger charge is -1.98. The van der Waals surface area contributed by atoms with E-state index in [-0.39, 0.29) is 34.0 Å². The Kier molecular flexibility index (Phi) is 9.70. The lowest BCUT2D eigenvalue weighted by Crippen LogP contribution is -3.61. The van der Waals surface area contributed by atoms with Gasteiger partial charge in [0.1, 0.15) is 0 Å². The van der Waals surface area contributed by atoms with Gasteiger partial charge in [-0.05, 0) is 43.5 Å². The number of benzene rings is 2. The Morgan fingerprint density at radius 1 is 0.826 bits per heavy atom. The zero-order valence-corrected chi connectivity index (χ0v) is 14.8. The van der Waals surface area contributed by atoms with Crippen molar-refractivity contribution in [2.45, 2.75) is 25.7 Å². The Hall–Kier alpha value is -1.89. The van der Waals surface area contributed by atoms with Gasteiger partial charge in [0.15, 0.2) is 7.14 Å². The summed E-state index contributed by atoms with van der Waals surface area (Å²) in [6.45, 7) is 0. The van der Waals surface area contributed by atoms with Gasteiger partial charge >= 0.3 is 27.2 Å². The summed E-state index contributed by atoms with van der Waals surface area (Å²) in [5, 5.41) is 17.9. The van der Waals surface area contributed by atoms with Gasteiger partial charge in [-0.25, -0.2) is 0 Å². The van der Waals surface area contributed by atoms with Gasteiger partial charge < -0.3 is 15.0 Å². The van der Waals surface area contributed by atoms with Crippen molar-refractivity contribution in [3.8, 4) is 0 Å². The Morgan fingerprint density at radius 2 is 1.26 bits per heavy atom. The van der Waals surface area contributed by atoms with Crippen molar-refractivity contribution in [2.24, 2.45) is 0 Å². The molecule has 5 heteroatoms. The SMILES string of the molecule is O=C([O-])CCCCC(=O)O.c1ccc([I+]c2ccccc2)cc1. The number of carboxylic acid groups (broad SMARTS) is 2. The molecule has 4 nitrogen and oxygen atoms in total. The van der Waals surface area contributed by atoms with E-state index < -0.39 is 11.9 Å². The molecule has 0 spiro atoms. The molecule has 0 heterocycles. The summed E-state index contributed by atoms with van der Waals surface area (Å²) in [4.78, 5) is 19.7. The van der Waals surface area contributed by atoms with Crippen molar-refractivity contribution in [1.82, 2.24) is 0 Å². The fourth-order valence-corrected chi connectivity index (χ4v) is 3.90. The van der Waals surface area contributed by atoms with Crippen LogP contribution in [0.1, 0.15) is 25.7 Å². The number of aliphatic carboxylic acids is 2. The van der Waals surface area contributed by atoms with Crippen LogP contribution in [0.25, 0.3) is 0 Å². The zero-order chi connectivity index (χ0) is 16.9. The molecule has 1 N–H and O–H groups in total. The summed E-state index contributed by atoms with van der Waals surface area (Å²) >= 11 is 0.0287. The van der Waals surface area contributed by atoms with Crippen molar-refractivity contribution in [1.29, 1.82) is 0 Å². The van der Waals surface area contributed by atoms with E-state index in [1.54, 1.807) is 0 Å². The lowest BCUT2D eigenvalue weighted by atomic mass is 10.2. The third-order valence-corrected chi connectivity index (χ3v) is 5.39. The zero-order valence-electron chi connectivity index (χ0n) is 12.7. The predicted molar refractivity (Wildman–Crippen MR) is 81.4 cm³/mol.